The van der Waals surface area contributed by atoms with Crippen LogP contribution in [-0.4, -0.2) is 53.7 Å². The number of carbonyl (C=O) groups is 3. The van der Waals surface area contributed by atoms with E-state index in [2.05, 4.69) is 0 Å². The van der Waals surface area contributed by atoms with Crippen molar-refractivity contribution in [2.75, 3.05) is 20.7 Å². The number of carboxylic acid groups (broad SMARTS) is 2. The maximum Gasteiger partial charge on any atom is 0.343 e. The van der Waals surface area contributed by atoms with Crippen molar-refractivity contribution in [3.63, 3.8) is 0 Å². The summed E-state index contributed by atoms with van der Waals surface area (Å²) in [6.07, 6.45) is 2.05. The summed E-state index contributed by atoms with van der Waals surface area (Å²) in [7, 11) is 3.21. The Balaban J connectivity index is 5.46. The van der Waals surface area contributed by atoms with Gasteiger partial charge in [-0.05, 0) is 13.0 Å². The monoisotopic (exact) mass is 257 g/mol. The van der Waals surface area contributed by atoms with Gasteiger partial charge >= 0.3 is 17.9 Å². The zero-order valence-electron chi connectivity index (χ0n) is 10.3. The first-order chi connectivity index (χ1) is 8.29. The van der Waals surface area contributed by atoms with Crippen LogP contribution < -0.4 is 0 Å². The first-order valence-corrected chi connectivity index (χ1v) is 5.03. The molecule has 0 atom stereocenters. The van der Waals surface area contributed by atoms with Gasteiger partial charge in [0.25, 0.3) is 0 Å². The quantitative estimate of drug-likeness (QED) is 0.228. The summed E-state index contributed by atoms with van der Waals surface area (Å²) in [4.78, 5) is 34.4. The lowest BCUT2D eigenvalue weighted by molar-refractivity contribution is -0.140. The molecular formula is C11H15NO6. The number of hydrogen-bond acceptors (Lipinski definition) is 5. The van der Waals surface area contributed by atoms with Crippen molar-refractivity contribution in [1.82, 2.24) is 4.90 Å². The third-order valence-electron chi connectivity index (χ3n) is 1.67. The molecule has 7 nitrogen and oxygen atoms in total. The SMILES string of the molecule is CCOC(=O)C(=CN(C)C)C=C(C(=O)O)C(=O)O. The van der Waals surface area contributed by atoms with E-state index in [-0.39, 0.29) is 12.2 Å². The number of carboxylic acids is 2. The van der Waals surface area contributed by atoms with Gasteiger partial charge in [-0.1, -0.05) is 0 Å². The van der Waals surface area contributed by atoms with Gasteiger partial charge in [-0.2, -0.15) is 0 Å². The average Bonchev–Trinajstić information content (AvgIpc) is 2.22. The molecule has 0 aromatic rings. The third-order valence-corrected chi connectivity index (χ3v) is 1.67. The van der Waals surface area contributed by atoms with Gasteiger partial charge in [0.1, 0.15) is 5.57 Å². The molecule has 18 heavy (non-hydrogen) atoms. The molecule has 0 radical (unpaired) electrons. The minimum atomic E-state index is -1.63. The Morgan fingerprint density at radius 1 is 1.17 bits per heavy atom. The Bertz CT molecular complexity index is 392. The molecule has 0 saturated carbocycles. The molecule has 0 aliphatic carbocycles. The maximum atomic E-state index is 11.5. The van der Waals surface area contributed by atoms with E-state index in [1.807, 2.05) is 0 Å². The molecule has 0 aromatic heterocycles. The molecule has 0 amide bonds. The number of rotatable bonds is 6. The summed E-state index contributed by atoms with van der Waals surface area (Å²) < 4.78 is 4.70. The van der Waals surface area contributed by atoms with Gasteiger partial charge in [-0.25, -0.2) is 14.4 Å². The van der Waals surface area contributed by atoms with E-state index >= 15 is 0 Å². The largest absolute Gasteiger partial charge is 0.477 e. The van der Waals surface area contributed by atoms with Crippen LogP contribution in [-0.2, 0) is 19.1 Å². The van der Waals surface area contributed by atoms with E-state index in [0.29, 0.717) is 0 Å². The Morgan fingerprint density at radius 2 is 1.67 bits per heavy atom. The average molecular weight is 257 g/mol. The molecule has 0 bridgehead atoms. The zero-order valence-corrected chi connectivity index (χ0v) is 10.3. The minimum Gasteiger partial charge on any atom is -0.477 e. The highest BCUT2D eigenvalue weighted by Gasteiger charge is 2.19. The second-order valence-corrected chi connectivity index (χ2v) is 3.44. The highest BCUT2D eigenvalue weighted by molar-refractivity contribution is 6.14. The molecule has 100 valence electrons. The van der Waals surface area contributed by atoms with Crippen molar-refractivity contribution >= 4 is 17.9 Å². The summed E-state index contributed by atoms with van der Waals surface area (Å²) in [6.45, 7) is 1.69. The molecule has 0 fully saturated rings. The first-order valence-electron chi connectivity index (χ1n) is 5.03. The van der Waals surface area contributed by atoms with E-state index in [0.717, 1.165) is 6.08 Å². The maximum absolute atomic E-state index is 11.5. The highest BCUT2D eigenvalue weighted by atomic mass is 16.5. The summed E-state index contributed by atoms with van der Waals surface area (Å²) in [5.41, 5.74) is -1.06. The van der Waals surface area contributed by atoms with Crippen molar-refractivity contribution in [3.8, 4) is 0 Å². The van der Waals surface area contributed by atoms with Crippen LogP contribution in [0, 0.1) is 0 Å². The number of aliphatic carboxylic acids is 2. The number of ether oxygens (including phenoxy) is 1. The van der Waals surface area contributed by atoms with E-state index < -0.39 is 23.5 Å². The molecule has 7 heteroatoms. The molecule has 0 unspecified atom stereocenters. The van der Waals surface area contributed by atoms with Crippen LogP contribution >= 0.6 is 0 Å². The van der Waals surface area contributed by atoms with E-state index in [4.69, 9.17) is 14.9 Å². The highest BCUT2D eigenvalue weighted by Crippen LogP contribution is 2.07. The second kappa shape index (κ2) is 7.10. The van der Waals surface area contributed by atoms with Crippen molar-refractivity contribution in [3.05, 3.63) is 23.4 Å². The van der Waals surface area contributed by atoms with Crippen LogP contribution in [0.3, 0.4) is 0 Å². The first kappa shape index (κ1) is 15.7. The number of esters is 1. The van der Waals surface area contributed by atoms with Crippen LogP contribution in [0.5, 0.6) is 0 Å². The molecule has 0 heterocycles. The number of hydrogen-bond donors (Lipinski definition) is 2. The fourth-order valence-corrected chi connectivity index (χ4v) is 1.01. The molecule has 2 N–H and O–H groups in total. The Labute approximate surface area is 104 Å². The lowest BCUT2D eigenvalue weighted by Gasteiger charge is -2.08. The summed E-state index contributed by atoms with van der Waals surface area (Å²) >= 11 is 0. The fourth-order valence-electron chi connectivity index (χ4n) is 1.01. The van der Waals surface area contributed by atoms with Crippen molar-refractivity contribution in [1.29, 1.82) is 0 Å². The number of nitrogens with zero attached hydrogens (tertiary/aromatic N) is 1. The second-order valence-electron chi connectivity index (χ2n) is 3.44. The van der Waals surface area contributed by atoms with Crippen LogP contribution in [0.1, 0.15) is 6.92 Å². The van der Waals surface area contributed by atoms with Gasteiger partial charge in [0, 0.05) is 20.3 Å². The summed E-state index contributed by atoms with van der Waals surface area (Å²) in [5.74, 6) is -4.04. The van der Waals surface area contributed by atoms with Gasteiger partial charge < -0.3 is 19.8 Å². The van der Waals surface area contributed by atoms with Gasteiger partial charge in [0.2, 0.25) is 0 Å². The molecule has 0 aliphatic heterocycles. The predicted molar refractivity (Wildman–Crippen MR) is 61.8 cm³/mol. The van der Waals surface area contributed by atoms with E-state index in [1.165, 1.54) is 11.1 Å². The van der Waals surface area contributed by atoms with E-state index in [1.54, 1.807) is 21.0 Å². The molecule has 0 aromatic carbocycles. The molecule has 0 aliphatic rings. The lowest BCUT2D eigenvalue weighted by atomic mass is 10.1. The van der Waals surface area contributed by atoms with Gasteiger partial charge in [-0.15, -0.1) is 0 Å². The fraction of sp³-hybridized carbons (Fsp3) is 0.364. The van der Waals surface area contributed by atoms with Crippen molar-refractivity contribution in [2.45, 2.75) is 6.92 Å². The third kappa shape index (κ3) is 5.15. The van der Waals surface area contributed by atoms with Gasteiger partial charge in [-0.3, -0.25) is 0 Å². The zero-order chi connectivity index (χ0) is 14.3. The van der Waals surface area contributed by atoms with Crippen LogP contribution in [0.4, 0.5) is 0 Å². The Kier molecular flexibility index (Phi) is 6.19. The molecule has 0 saturated heterocycles. The molecule has 0 rings (SSSR count). The standard InChI is InChI=1S/C11H15NO6/c1-4-18-11(17)7(6-12(2)3)5-8(9(13)14)10(15)16/h5-6H,4H2,1-3H3,(H,13,14)(H,15,16). The van der Waals surface area contributed by atoms with Crippen molar-refractivity contribution in [2.24, 2.45) is 0 Å². The van der Waals surface area contributed by atoms with Gasteiger partial charge in [0.15, 0.2) is 0 Å². The summed E-state index contributed by atoms with van der Waals surface area (Å²) in [6, 6.07) is 0. The van der Waals surface area contributed by atoms with Gasteiger partial charge in [0.05, 0.1) is 12.2 Å². The summed E-state index contributed by atoms with van der Waals surface area (Å²) in [5, 5.41) is 17.4. The Hall–Kier alpha value is -2.31. The number of carbonyl (C=O) groups excluding carboxylic acids is 1. The van der Waals surface area contributed by atoms with Crippen molar-refractivity contribution < 1.29 is 29.3 Å². The van der Waals surface area contributed by atoms with Crippen LogP contribution in [0.25, 0.3) is 0 Å². The molecule has 0 spiro atoms. The predicted octanol–water partition coefficient (Wildman–Crippen LogP) is 0.0906. The van der Waals surface area contributed by atoms with Crippen LogP contribution in [0.15, 0.2) is 23.4 Å². The van der Waals surface area contributed by atoms with Crippen LogP contribution in [0.2, 0.25) is 0 Å². The minimum absolute atomic E-state index is 0.104. The normalized spacial score (nSPS) is 10.5. The van der Waals surface area contributed by atoms with E-state index in [9.17, 15) is 14.4 Å². The topological polar surface area (TPSA) is 104 Å². The Morgan fingerprint density at radius 3 is 2.00 bits per heavy atom. The smallest absolute Gasteiger partial charge is 0.343 e. The lowest BCUT2D eigenvalue weighted by Crippen LogP contribution is -2.16. The molecular weight excluding hydrogens is 242 g/mol.